The molecule has 158 valence electrons. The van der Waals surface area contributed by atoms with E-state index in [0.29, 0.717) is 5.95 Å². The highest BCUT2D eigenvalue weighted by Crippen LogP contribution is 2.43. The normalized spacial score (nSPS) is 12.1. The largest absolute Gasteiger partial charge is 0.276 e. The summed E-state index contributed by atoms with van der Waals surface area (Å²) in [6.07, 6.45) is 5.40. The molecule has 0 saturated heterocycles. The zero-order valence-electron chi connectivity index (χ0n) is 17.8. The fourth-order valence-electron chi connectivity index (χ4n) is 5.02. The molecule has 0 radical (unpaired) electrons. The number of rotatable bonds is 1. The third-order valence-corrected chi connectivity index (χ3v) is 7.71. The lowest BCUT2D eigenvalue weighted by atomic mass is 10.1. The number of thiophene rings is 1. The van der Waals surface area contributed by atoms with Crippen molar-refractivity contribution >= 4 is 75.3 Å². The minimum absolute atomic E-state index is 0.684. The molecule has 5 nitrogen and oxygen atoms in total. The Balaban J connectivity index is 1.57. The summed E-state index contributed by atoms with van der Waals surface area (Å²) in [5.41, 5.74) is 5.00. The average molecular weight is 454 g/mol. The van der Waals surface area contributed by atoms with Gasteiger partial charge in [-0.1, -0.05) is 48.5 Å². The van der Waals surface area contributed by atoms with Crippen LogP contribution in [0.1, 0.15) is 0 Å². The van der Waals surface area contributed by atoms with Gasteiger partial charge in [-0.2, -0.15) is 0 Å². The first-order valence-corrected chi connectivity index (χ1v) is 11.9. The molecule has 0 fully saturated rings. The molecular weight excluding hydrogens is 438 g/mol. The Morgan fingerprint density at radius 1 is 0.647 bits per heavy atom. The lowest BCUT2D eigenvalue weighted by Gasteiger charge is -2.07. The molecule has 4 aromatic heterocycles. The standard InChI is InChI=1S/C28H15N5S/c1-3-7-21-16(5-1)15-31-28(32-21)33-24-8-4-2-6-17(24)18-9-10-19-20-13-22-23(30-12-11-29-22)14-25(20)34-27(19)26(18)33/h1-15H. The van der Waals surface area contributed by atoms with Crippen molar-refractivity contribution in [1.82, 2.24) is 24.5 Å². The van der Waals surface area contributed by atoms with Crippen LogP contribution in [0.15, 0.2) is 91.4 Å². The summed E-state index contributed by atoms with van der Waals surface area (Å²) < 4.78 is 4.63. The third kappa shape index (κ3) is 2.37. The summed E-state index contributed by atoms with van der Waals surface area (Å²) in [5.74, 6) is 0.684. The van der Waals surface area contributed by atoms with Crippen molar-refractivity contribution in [3.8, 4) is 5.95 Å². The van der Waals surface area contributed by atoms with E-state index in [1.165, 1.54) is 30.9 Å². The lowest BCUT2D eigenvalue weighted by Crippen LogP contribution is -2.00. The third-order valence-electron chi connectivity index (χ3n) is 6.54. The maximum Gasteiger partial charge on any atom is 0.235 e. The second kappa shape index (κ2) is 6.56. The van der Waals surface area contributed by atoms with E-state index in [-0.39, 0.29) is 0 Å². The van der Waals surface area contributed by atoms with Crippen molar-refractivity contribution in [2.75, 3.05) is 0 Å². The van der Waals surface area contributed by atoms with Gasteiger partial charge < -0.3 is 0 Å². The highest BCUT2D eigenvalue weighted by molar-refractivity contribution is 7.26. The first kappa shape index (κ1) is 18.1. The van der Waals surface area contributed by atoms with Crippen molar-refractivity contribution in [2.24, 2.45) is 0 Å². The van der Waals surface area contributed by atoms with E-state index in [9.17, 15) is 0 Å². The highest BCUT2D eigenvalue weighted by atomic mass is 32.1. The number of nitrogens with zero attached hydrogens (tertiary/aromatic N) is 5. The Bertz CT molecular complexity index is 2090. The van der Waals surface area contributed by atoms with Gasteiger partial charge in [-0.3, -0.25) is 14.5 Å². The topological polar surface area (TPSA) is 56.5 Å². The number of para-hydroxylation sites is 2. The number of hydrogen-bond acceptors (Lipinski definition) is 5. The van der Waals surface area contributed by atoms with Gasteiger partial charge in [0.1, 0.15) is 0 Å². The Morgan fingerprint density at radius 2 is 1.44 bits per heavy atom. The van der Waals surface area contributed by atoms with Crippen LogP contribution < -0.4 is 0 Å². The molecule has 0 N–H and O–H groups in total. The van der Waals surface area contributed by atoms with Gasteiger partial charge in [0.05, 0.1) is 32.3 Å². The van der Waals surface area contributed by atoms with Gasteiger partial charge in [0, 0.05) is 50.2 Å². The van der Waals surface area contributed by atoms with Crippen LogP contribution in [0, 0.1) is 0 Å². The number of fused-ring (bicyclic) bond motifs is 9. The molecule has 6 heteroatoms. The van der Waals surface area contributed by atoms with Crippen LogP contribution in [-0.2, 0) is 0 Å². The second-order valence-electron chi connectivity index (χ2n) is 8.42. The monoisotopic (exact) mass is 453 g/mol. The van der Waals surface area contributed by atoms with Crippen LogP contribution in [0.4, 0.5) is 0 Å². The van der Waals surface area contributed by atoms with E-state index in [2.05, 4.69) is 63.1 Å². The highest BCUT2D eigenvalue weighted by Gasteiger charge is 2.19. The molecule has 0 atom stereocenters. The maximum atomic E-state index is 4.96. The Morgan fingerprint density at radius 3 is 2.38 bits per heavy atom. The quantitative estimate of drug-likeness (QED) is 0.267. The summed E-state index contributed by atoms with van der Waals surface area (Å²) >= 11 is 1.79. The lowest BCUT2D eigenvalue weighted by molar-refractivity contribution is 1.01. The minimum atomic E-state index is 0.684. The van der Waals surface area contributed by atoms with Crippen LogP contribution in [-0.4, -0.2) is 24.5 Å². The van der Waals surface area contributed by atoms with E-state index in [1.54, 1.807) is 23.7 Å². The van der Waals surface area contributed by atoms with Crippen LogP contribution in [0.5, 0.6) is 0 Å². The molecule has 0 unspecified atom stereocenters. The van der Waals surface area contributed by atoms with Crippen LogP contribution in [0.3, 0.4) is 0 Å². The van der Waals surface area contributed by atoms with Gasteiger partial charge in [-0.25, -0.2) is 9.97 Å². The molecule has 0 spiro atoms. The van der Waals surface area contributed by atoms with Crippen molar-refractivity contribution in [2.45, 2.75) is 0 Å². The van der Waals surface area contributed by atoms with E-state index in [0.717, 1.165) is 33.0 Å². The Labute approximate surface area is 197 Å². The van der Waals surface area contributed by atoms with Crippen LogP contribution in [0.2, 0.25) is 0 Å². The molecule has 0 bridgehead atoms. The van der Waals surface area contributed by atoms with Gasteiger partial charge in [-0.15, -0.1) is 11.3 Å². The van der Waals surface area contributed by atoms with Gasteiger partial charge in [0.2, 0.25) is 5.95 Å². The molecule has 4 aromatic carbocycles. The Hall–Kier alpha value is -4.42. The van der Waals surface area contributed by atoms with Crippen molar-refractivity contribution in [1.29, 1.82) is 0 Å². The van der Waals surface area contributed by atoms with Crippen molar-refractivity contribution in [3.05, 3.63) is 91.4 Å². The molecule has 8 rings (SSSR count). The first-order valence-electron chi connectivity index (χ1n) is 11.1. The molecule has 8 aromatic rings. The molecule has 0 saturated carbocycles. The van der Waals surface area contributed by atoms with E-state index in [1.807, 2.05) is 30.5 Å². The molecular formula is C28H15N5S. The average Bonchev–Trinajstić information content (AvgIpc) is 3.42. The predicted octanol–water partition coefficient (Wildman–Crippen LogP) is 7.04. The summed E-state index contributed by atoms with van der Waals surface area (Å²) in [6.45, 7) is 0. The van der Waals surface area contributed by atoms with Crippen molar-refractivity contribution < 1.29 is 0 Å². The van der Waals surface area contributed by atoms with Gasteiger partial charge in [-0.05, 0) is 24.3 Å². The summed E-state index contributed by atoms with van der Waals surface area (Å²) in [5, 5.41) is 5.84. The van der Waals surface area contributed by atoms with Gasteiger partial charge >= 0.3 is 0 Å². The molecule has 0 aliphatic heterocycles. The fourth-order valence-corrected chi connectivity index (χ4v) is 6.27. The number of hydrogen-bond donors (Lipinski definition) is 0. The van der Waals surface area contributed by atoms with E-state index in [4.69, 9.17) is 9.97 Å². The summed E-state index contributed by atoms with van der Waals surface area (Å²) in [4.78, 5) is 18.8. The Kier molecular flexibility index (Phi) is 3.48. The second-order valence-corrected chi connectivity index (χ2v) is 9.47. The smallest absolute Gasteiger partial charge is 0.235 e. The van der Waals surface area contributed by atoms with Gasteiger partial charge in [0.25, 0.3) is 0 Å². The molecule has 34 heavy (non-hydrogen) atoms. The fraction of sp³-hybridized carbons (Fsp3) is 0. The van der Waals surface area contributed by atoms with Crippen LogP contribution in [0.25, 0.3) is 69.9 Å². The summed E-state index contributed by atoms with van der Waals surface area (Å²) in [6, 6.07) is 25.4. The summed E-state index contributed by atoms with van der Waals surface area (Å²) in [7, 11) is 0. The predicted molar refractivity (Wildman–Crippen MR) is 140 cm³/mol. The molecule has 4 heterocycles. The number of benzene rings is 4. The SMILES string of the molecule is c1ccc2nc(-n3c4ccccc4c4ccc5c6cc7nccnc7cc6sc5c43)ncc2c1. The number of aromatic nitrogens is 5. The van der Waals surface area contributed by atoms with E-state index >= 15 is 0 Å². The van der Waals surface area contributed by atoms with Gasteiger partial charge in [0.15, 0.2) is 0 Å². The van der Waals surface area contributed by atoms with E-state index < -0.39 is 0 Å². The molecule has 0 amide bonds. The van der Waals surface area contributed by atoms with Crippen molar-refractivity contribution in [3.63, 3.8) is 0 Å². The molecule has 0 aliphatic rings. The molecule has 0 aliphatic carbocycles. The minimum Gasteiger partial charge on any atom is -0.276 e. The zero-order valence-corrected chi connectivity index (χ0v) is 18.6. The maximum absolute atomic E-state index is 4.96. The first-order chi connectivity index (χ1) is 16.8. The van der Waals surface area contributed by atoms with Crippen LogP contribution >= 0.6 is 11.3 Å². The zero-order chi connectivity index (χ0) is 22.2.